The lowest BCUT2D eigenvalue weighted by molar-refractivity contribution is 0.0696. The number of hydrogen-bond donors (Lipinski definition) is 2. The van der Waals surface area contributed by atoms with Gasteiger partial charge >= 0.3 is 5.97 Å². The average Bonchev–Trinajstić information content (AvgIpc) is 3.39. The van der Waals surface area contributed by atoms with E-state index in [2.05, 4.69) is 10.3 Å². The van der Waals surface area contributed by atoms with Crippen LogP contribution in [0.15, 0.2) is 109 Å². The van der Waals surface area contributed by atoms with Crippen LogP contribution in [0.25, 0.3) is 27.4 Å². The maximum atomic E-state index is 14.2. The van der Waals surface area contributed by atoms with E-state index in [9.17, 15) is 19.1 Å². The molecule has 1 atom stereocenters. The van der Waals surface area contributed by atoms with Gasteiger partial charge in [-0.1, -0.05) is 72.8 Å². The molecular weight excluding hydrogens is 517 g/mol. The van der Waals surface area contributed by atoms with Gasteiger partial charge in [0.2, 0.25) is 0 Å². The van der Waals surface area contributed by atoms with Crippen molar-refractivity contribution in [1.29, 1.82) is 0 Å². The number of nitrogens with one attached hydrogen (secondary N) is 1. The van der Waals surface area contributed by atoms with Crippen LogP contribution in [0.1, 0.15) is 50.8 Å². The van der Waals surface area contributed by atoms with Crippen LogP contribution < -0.4 is 5.32 Å². The molecule has 0 spiro atoms. The standard InChI is InChI=1S/C34H26FN3O3/c1-21(23-11-13-25(14-12-23)34(40)41)37-33(39)31-19-27(24-6-3-2-4-7-24)18-28-20-36-32(38(28)31)17-22-10-15-29-26(16-22)8-5-9-30(29)35/h2-16,18-21H,17H2,1H3,(H,37,39)(H,40,41)/t21-/m0/s1. The minimum absolute atomic E-state index is 0.184. The number of hydrogen-bond acceptors (Lipinski definition) is 3. The molecule has 7 heteroatoms. The van der Waals surface area contributed by atoms with E-state index in [-0.39, 0.29) is 23.3 Å². The molecule has 0 aliphatic carbocycles. The number of pyridine rings is 1. The second-order valence-electron chi connectivity index (χ2n) is 10.0. The Morgan fingerprint density at radius 3 is 2.44 bits per heavy atom. The van der Waals surface area contributed by atoms with Crippen LogP contribution in [0.2, 0.25) is 0 Å². The fraction of sp³-hybridized carbons (Fsp3) is 0.0882. The van der Waals surface area contributed by atoms with E-state index in [1.807, 2.05) is 72.0 Å². The SMILES string of the molecule is C[C@H](NC(=O)c1cc(-c2ccccc2)cc2cnc(Cc3ccc4c(F)cccc4c3)n12)c1ccc(C(=O)O)cc1. The molecule has 2 aromatic heterocycles. The smallest absolute Gasteiger partial charge is 0.335 e. The third-order valence-electron chi connectivity index (χ3n) is 7.30. The van der Waals surface area contributed by atoms with Gasteiger partial charge in [-0.25, -0.2) is 14.2 Å². The van der Waals surface area contributed by atoms with Gasteiger partial charge in [0.1, 0.15) is 17.3 Å². The molecule has 0 aliphatic rings. The molecular formula is C34H26FN3O3. The van der Waals surface area contributed by atoms with E-state index >= 15 is 0 Å². The molecule has 41 heavy (non-hydrogen) atoms. The van der Waals surface area contributed by atoms with Crippen molar-refractivity contribution < 1.29 is 19.1 Å². The minimum Gasteiger partial charge on any atom is -0.478 e. The molecule has 6 rings (SSSR count). The summed E-state index contributed by atoms with van der Waals surface area (Å²) < 4.78 is 16.1. The van der Waals surface area contributed by atoms with Crippen molar-refractivity contribution in [3.63, 3.8) is 0 Å². The molecule has 0 unspecified atom stereocenters. The fourth-order valence-electron chi connectivity index (χ4n) is 5.14. The van der Waals surface area contributed by atoms with Gasteiger partial charge in [0, 0.05) is 11.8 Å². The number of carboxylic acid groups (broad SMARTS) is 1. The predicted octanol–water partition coefficient (Wildman–Crippen LogP) is 7.07. The van der Waals surface area contributed by atoms with Crippen molar-refractivity contribution in [2.24, 2.45) is 0 Å². The minimum atomic E-state index is -1.00. The van der Waals surface area contributed by atoms with E-state index in [0.29, 0.717) is 23.3 Å². The third kappa shape index (κ3) is 5.17. The summed E-state index contributed by atoms with van der Waals surface area (Å²) in [4.78, 5) is 29.7. The maximum Gasteiger partial charge on any atom is 0.335 e. The van der Waals surface area contributed by atoms with Crippen molar-refractivity contribution in [3.8, 4) is 11.1 Å². The predicted molar refractivity (Wildman–Crippen MR) is 157 cm³/mol. The normalized spacial score (nSPS) is 12.0. The van der Waals surface area contributed by atoms with Gasteiger partial charge < -0.3 is 10.4 Å². The first kappa shape index (κ1) is 26.0. The zero-order valence-corrected chi connectivity index (χ0v) is 22.2. The van der Waals surface area contributed by atoms with Crippen molar-refractivity contribution >= 4 is 28.2 Å². The highest BCUT2D eigenvalue weighted by Gasteiger charge is 2.19. The lowest BCUT2D eigenvalue weighted by atomic mass is 10.0. The lowest BCUT2D eigenvalue weighted by Crippen LogP contribution is -2.28. The quantitative estimate of drug-likeness (QED) is 0.226. The van der Waals surface area contributed by atoms with Crippen LogP contribution in [-0.4, -0.2) is 26.4 Å². The molecule has 1 amide bonds. The summed E-state index contributed by atoms with van der Waals surface area (Å²) in [6.45, 7) is 1.86. The summed E-state index contributed by atoms with van der Waals surface area (Å²) in [6.07, 6.45) is 2.20. The van der Waals surface area contributed by atoms with Gasteiger partial charge in [-0.15, -0.1) is 0 Å². The van der Waals surface area contributed by atoms with Crippen molar-refractivity contribution in [2.75, 3.05) is 0 Å². The summed E-state index contributed by atoms with van der Waals surface area (Å²) in [5, 5.41) is 13.6. The number of carbonyl (C=O) groups is 2. The Balaban J connectivity index is 1.39. The van der Waals surface area contributed by atoms with E-state index in [4.69, 9.17) is 0 Å². The number of aromatic nitrogens is 2. The number of halogens is 1. The number of carboxylic acids is 1. The summed E-state index contributed by atoms with van der Waals surface area (Å²) in [7, 11) is 0. The Morgan fingerprint density at radius 1 is 0.902 bits per heavy atom. The van der Waals surface area contributed by atoms with E-state index in [1.54, 1.807) is 30.5 Å². The number of imidazole rings is 1. The zero-order chi connectivity index (χ0) is 28.5. The lowest BCUT2D eigenvalue weighted by Gasteiger charge is -2.17. The first-order valence-corrected chi connectivity index (χ1v) is 13.2. The molecule has 0 fully saturated rings. The van der Waals surface area contributed by atoms with Crippen molar-refractivity contribution in [1.82, 2.24) is 14.7 Å². The molecule has 6 aromatic rings. The van der Waals surface area contributed by atoms with Crippen LogP contribution >= 0.6 is 0 Å². The van der Waals surface area contributed by atoms with E-state index in [0.717, 1.165) is 33.2 Å². The highest BCUT2D eigenvalue weighted by Crippen LogP contribution is 2.27. The first-order valence-electron chi connectivity index (χ1n) is 13.2. The van der Waals surface area contributed by atoms with Gasteiger partial charge in [0.05, 0.1) is 23.3 Å². The molecule has 2 heterocycles. The summed E-state index contributed by atoms with van der Waals surface area (Å²) in [5.41, 5.74) is 4.97. The van der Waals surface area contributed by atoms with Crippen molar-refractivity contribution in [3.05, 3.63) is 143 Å². The molecule has 4 aromatic carbocycles. The fourth-order valence-corrected chi connectivity index (χ4v) is 5.14. The zero-order valence-electron chi connectivity index (χ0n) is 22.2. The highest BCUT2D eigenvalue weighted by atomic mass is 19.1. The van der Waals surface area contributed by atoms with Crippen molar-refractivity contribution in [2.45, 2.75) is 19.4 Å². The van der Waals surface area contributed by atoms with Crippen LogP contribution in [0.4, 0.5) is 4.39 Å². The summed E-state index contributed by atoms with van der Waals surface area (Å²) in [5.74, 6) is -0.877. The van der Waals surface area contributed by atoms with E-state index < -0.39 is 5.97 Å². The van der Waals surface area contributed by atoms with Crippen LogP contribution in [0.5, 0.6) is 0 Å². The van der Waals surface area contributed by atoms with Crippen LogP contribution in [0, 0.1) is 5.82 Å². The van der Waals surface area contributed by atoms with Crippen LogP contribution in [-0.2, 0) is 6.42 Å². The number of amides is 1. The van der Waals surface area contributed by atoms with Gasteiger partial charge in [0.25, 0.3) is 5.91 Å². The Morgan fingerprint density at radius 2 is 1.68 bits per heavy atom. The Kier molecular flexibility index (Phi) is 6.77. The molecule has 0 radical (unpaired) electrons. The number of aromatic carboxylic acids is 1. The highest BCUT2D eigenvalue weighted by molar-refractivity contribution is 5.95. The third-order valence-corrected chi connectivity index (χ3v) is 7.30. The van der Waals surface area contributed by atoms with Gasteiger partial charge in [-0.05, 0) is 64.9 Å². The largest absolute Gasteiger partial charge is 0.478 e. The van der Waals surface area contributed by atoms with Gasteiger partial charge in [0.15, 0.2) is 0 Å². The first-order chi connectivity index (χ1) is 19.9. The Hall–Kier alpha value is -5.30. The number of benzene rings is 4. The molecule has 0 saturated carbocycles. The van der Waals surface area contributed by atoms with E-state index in [1.165, 1.54) is 18.2 Å². The molecule has 0 aliphatic heterocycles. The number of rotatable bonds is 7. The van der Waals surface area contributed by atoms with Crippen LogP contribution in [0.3, 0.4) is 0 Å². The van der Waals surface area contributed by atoms with Gasteiger partial charge in [-0.2, -0.15) is 0 Å². The molecule has 0 bridgehead atoms. The molecule has 6 nitrogen and oxygen atoms in total. The monoisotopic (exact) mass is 543 g/mol. The Bertz CT molecular complexity index is 1910. The number of nitrogens with zero attached hydrogens (tertiary/aromatic N) is 2. The summed E-state index contributed by atoms with van der Waals surface area (Å²) >= 11 is 0. The van der Waals surface area contributed by atoms with Gasteiger partial charge in [-0.3, -0.25) is 9.20 Å². The number of carbonyl (C=O) groups excluding carboxylic acids is 1. The Labute approximate surface area is 235 Å². The second-order valence-corrected chi connectivity index (χ2v) is 10.0. The second kappa shape index (κ2) is 10.7. The topological polar surface area (TPSA) is 83.7 Å². The maximum absolute atomic E-state index is 14.2. The summed E-state index contributed by atoms with van der Waals surface area (Å²) in [6, 6.07) is 30.4. The number of fused-ring (bicyclic) bond motifs is 2. The molecule has 202 valence electrons. The molecule has 2 N–H and O–H groups in total. The average molecular weight is 544 g/mol. The molecule has 0 saturated heterocycles.